The SMILES string of the molecule is N#C/C(=C/NCc1ccc(CO)cc1)C(=O)NC1CCCCC1. The van der Waals surface area contributed by atoms with Crippen LogP contribution in [0.3, 0.4) is 0 Å². The Morgan fingerprint density at radius 2 is 1.87 bits per heavy atom. The molecular formula is C18H23N3O2. The first-order valence-corrected chi connectivity index (χ1v) is 8.06. The van der Waals surface area contributed by atoms with Gasteiger partial charge in [-0.3, -0.25) is 4.79 Å². The van der Waals surface area contributed by atoms with Gasteiger partial charge in [-0.2, -0.15) is 5.26 Å². The van der Waals surface area contributed by atoms with Crippen molar-refractivity contribution in [3.05, 3.63) is 47.2 Å². The largest absolute Gasteiger partial charge is 0.392 e. The highest BCUT2D eigenvalue weighted by atomic mass is 16.3. The lowest BCUT2D eigenvalue weighted by Crippen LogP contribution is -2.37. The molecule has 0 saturated heterocycles. The van der Waals surface area contributed by atoms with E-state index in [-0.39, 0.29) is 24.1 Å². The molecule has 2 rings (SSSR count). The zero-order chi connectivity index (χ0) is 16.5. The van der Waals surface area contributed by atoms with Gasteiger partial charge in [-0.05, 0) is 24.0 Å². The first-order valence-electron chi connectivity index (χ1n) is 8.06. The second-order valence-corrected chi connectivity index (χ2v) is 5.83. The monoisotopic (exact) mass is 313 g/mol. The highest BCUT2D eigenvalue weighted by Crippen LogP contribution is 2.17. The number of carbonyl (C=O) groups excluding carboxylic acids is 1. The quantitative estimate of drug-likeness (QED) is 0.555. The van der Waals surface area contributed by atoms with Crippen molar-refractivity contribution in [3.63, 3.8) is 0 Å². The molecule has 1 fully saturated rings. The van der Waals surface area contributed by atoms with Crippen molar-refractivity contribution in [2.45, 2.75) is 51.3 Å². The number of nitrogens with one attached hydrogen (secondary N) is 2. The molecule has 0 atom stereocenters. The Balaban J connectivity index is 1.85. The summed E-state index contributed by atoms with van der Waals surface area (Å²) in [6, 6.07) is 9.65. The van der Waals surface area contributed by atoms with Crippen molar-refractivity contribution in [1.29, 1.82) is 5.26 Å². The molecule has 0 unspecified atom stereocenters. The molecule has 0 bridgehead atoms. The zero-order valence-electron chi connectivity index (χ0n) is 13.2. The Morgan fingerprint density at radius 1 is 1.22 bits per heavy atom. The van der Waals surface area contributed by atoms with E-state index in [0.717, 1.165) is 36.8 Å². The van der Waals surface area contributed by atoms with Crippen LogP contribution in [0.4, 0.5) is 0 Å². The van der Waals surface area contributed by atoms with Crippen LogP contribution in [0.1, 0.15) is 43.2 Å². The van der Waals surface area contributed by atoms with Gasteiger partial charge in [-0.15, -0.1) is 0 Å². The lowest BCUT2D eigenvalue weighted by molar-refractivity contribution is -0.118. The van der Waals surface area contributed by atoms with Gasteiger partial charge in [0.2, 0.25) is 0 Å². The van der Waals surface area contributed by atoms with Crippen LogP contribution >= 0.6 is 0 Å². The standard InChI is InChI=1S/C18H23N3O2/c19-10-16(18(23)21-17-4-2-1-3-5-17)12-20-11-14-6-8-15(13-22)9-7-14/h6-9,12,17,20,22H,1-5,11,13H2,(H,21,23)/b16-12-. The summed E-state index contributed by atoms with van der Waals surface area (Å²) in [6.07, 6.45) is 6.96. The Bertz CT molecular complexity index is 581. The van der Waals surface area contributed by atoms with E-state index < -0.39 is 0 Å². The topological polar surface area (TPSA) is 85.2 Å². The molecule has 1 aliphatic carbocycles. The van der Waals surface area contributed by atoms with Gasteiger partial charge in [0.25, 0.3) is 5.91 Å². The minimum atomic E-state index is -0.303. The van der Waals surface area contributed by atoms with Crippen molar-refractivity contribution in [2.24, 2.45) is 0 Å². The fraction of sp³-hybridized carbons (Fsp3) is 0.444. The van der Waals surface area contributed by atoms with Crippen LogP contribution in [0.5, 0.6) is 0 Å². The number of aliphatic hydroxyl groups is 1. The van der Waals surface area contributed by atoms with Crippen LogP contribution in [0.25, 0.3) is 0 Å². The van der Waals surface area contributed by atoms with Crippen molar-refractivity contribution in [1.82, 2.24) is 10.6 Å². The predicted molar refractivity (Wildman–Crippen MR) is 87.9 cm³/mol. The van der Waals surface area contributed by atoms with E-state index in [9.17, 15) is 4.79 Å². The summed E-state index contributed by atoms with van der Waals surface area (Å²) in [7, 11) is 0. The fourth-order valence-electron chi connectivity index (χ4n) is 2.69. The number of nitriles is 1. The summed E-state index contributed by atoms with van der Waals surface area (Å²) in [6.45, 7) is 0.543. The number of rotatable bonds is 6. The van der Waals surface area contributed by atoms with Crippen LogP contribution in [-0.4, -0.2) is 17.1 Å². The molecule has 0 aromatic heterocycles. The highest BCUT2D eigenvalue weighted by Gasteiger charge is 2.17. The lowest BCUT2D eigenvalue weighted by Gasteiger charge is -2.22. The minimum absolute atomic E-state index is 0.0214. The normalized spacial score (nSPS) is 15.7. The molecule has 1 saturated carbocycles. The average molecular weight is 313 g/mol. The van der Waals surface area contributed by atoms with Crippen molar-refractivity contribution < 1.29 is 9.90 Å². The molecule has 0 radical (unpaired) electrons. The third-order valence-corrected chi connectivity index (χ3v) is 4.06. The van der Waals surface area contributed by atoms with Crippen molar-refractivity contribution in [3.8, 4) is 6.07 Å². The molecule has 122 valence electrons. The number of amides is 1. The van der Waals surface area contributed by atoms with E-state index in [1.165, 1.54) is 12.6 Å². The number of nitrogens with zero attached hydrogens (tertiary/aromatic N) is 1. The van der Waals surface area contributed by atoms with E-state index in [2.05, 4.69) is 10.6 Å². The van der Waals surface area contributed by atoms with E-state index in [4.69, 9.17) is 10.4 Å². The van der Waals surface area contributed by atoms with Crippen LogP contribution in [0, 0.1) is 11.3 Å². The molecule has 5 nitrogen and oxygen atoms in total. The third-order valence-electron chi connectivity index (χ3n) is 4.06. The third kappa shape index (κ3) is 5.42. The number of aliphatic hydroxyl groups excluding tert-OH is 1. The summed E-state index contributed by atoms with van der Waals surface area (Å²) in [5.74, 6) is -0.303. The molecule has 3 N–H and O–H groups in total. The number of carbonyl (C=O) groups is 1. The van der Waals surface area contributed by atoms with E-state index >= 15 is 0 Å². The smallest absolute Gasteiger partial charge is 0.263 e. The summed E-state index contributed by atoms with van der Waals surface area (Å²) >= 11 is 0. The molecule has 1 amide bonds. The van der Waals surface area contributed by atoms with Gasteiger partial charge in [0.1, 0.15) is 11.6 Å². The molecule has 1 aromatic carbocycles. The van der Waals surface area contributed by atoms with Gasteiger partial charge < -0.3 is 15.7 Å². The summed E-state index contributed by atoms with van der Waals surface area (Å²) in [5, 5.41) is 24.1. The second-order valence-electron chi connectivity index (χ2n) is 5.83. The van der Waals surface area contributed by atoms with Gasteiger partial charge in [0, 0.05) is 18.8 Å². The molecule has 5 heteroatoms. The average Bonchev–Trinajstić information content (AvgIpc) is 2.60. The van der Waals surface area contributed by atoms with Gasteiger partial charge in [0.15, 0.2) is 0 Å². The van der Waals surface area contributed by atoms with E-state index in [1.54, 1.807) is 0 Å². The summed E-state index contributed by atoms with van der Waals surface area (Å²) in [4.78, 5) is 12.1. The lowest BCUT2D eigenvalue weighted by atomic mass is 9.95. The number of hydrogen-bond donors (Lipinski definition) is 3. The first kappa shape index (κ1) is 17.0. The summed E-state index contributed by atoms with van der Waals surface area (Å²) < 4.78 is 0. The Labute approximate surface area is 137 Å². The minimum Gasteiger partial charge on any atom is -0.392 e. The Kier molecular flexibility index (Phi) is 6.64. The Hall–Kier alpha value is -2.32. The number of hydrogen-bond acceptors (Lipinski definition) is 4. The van der Waals surface area contributed by atoms with Gasteiger partial charge in [-0.25, -0.2) is 0 Å². The van der Waals surface area contributed by atoms with Gasteiger partial charge in [0.05, 0.1) is 6.61 Å². The predicted octanol–water partition coefficient (Wildman–Crippen LogP) is 2.12. The summed E-state index contributed by atoms with van der Waals surface area (Å²) in [5.41, 5.74) is 1.97. The van der Waals surface area contributed by atoms with E-state index in [1.807, 2.05) is 30.3 Å². The van der Waals surface area contributed by atoms with Crippen LogP contribution in [0.2, 0.25) is 0 Å². The molecule has 0 spiro atoms. The maximum Gasteiger partial charge on any atom is 0.263 e. The van der Waals surface area contributed by atoms with Crippen LogP contribution in [-0.2, 0) is 17.9 Å². The zero-order valence-corrected chi connectivity index (χ0v) is 13.2. The van der Waals surface area contributed by atoms with Crippen LogP contribution < -0.4 is 10.6 Å². The molecule has 23 heavy (non-hydrogen) atoms. The molecular weight excluding hydrogens is 290 g/mol. The number of benzene rings is 1. The van der Waals surface area contributed by atoms with Crippen LogP contribution in [0.15, 0.2) is 36.0 Å². The van der Waals surface area contributed by atoms with E-state index in [0.29, 0.717) is 6.54 Å². The first-order chi connectivity index (χ1) is 11.2. The molecule has 1 aliphatic rings. The van der Waals surface area contributed by atoms with Gasteiger partial charge >= 0.3 is 0 Å². The molecule has 0 aliphatic heterocycles. The fourth-order valence-corrected chi connectivity index (χ4v) is 2.69. The van der Waals surface area contributed by atoms with Gasteiger partial charge in [-0.1, -0.05) is 43.5 Å². The van der Waals surface area contributed by atoms with Crippen molar-refractivity contribution >= 4 is 5.91 Å². The highest BCUT2D eigenvalue weighted by molar-refractivity contribution is 5.97. The maximum atomic E-state index is 12.1. The second kappa shape index (κ2) is 8.96. The maximum absolute atomic E-state index is 12.1. The molecule has 0 heterocycles. The Morgan fingerprint density at radius 3 is 2.48 bits per heavy atom. The van der Waals surface area contributed by atoms with Crippen molar-refractivity contribution in [2.75, 3.05) is 0 Å². The molecule has 1 aromatic rings.